The molecule has 122 valence electrons. The molecule has 24 heavy (non-hydrogen) atoms. The number of phenolic OH excluding ortho intramolecular Hbond substituents is 1. The number of aromatic hydroxyl groups is 1. The largest absolute Gasteiger partial charge is 0.506 e. The summed E-state index contributed by atoms with van der Waals surface area (Å²) >= 11 is 11.8. The van der Waals surface area contributed by atoms with E-state index in [1.807, 2.05) is 38.1 Å². The van der Waals surface area contributed by atoms with E-state index in [2.05, 4.69) is 15.6 Å². The van der Waals surface area contributed by atoms with E-state index in [0.29, 0.717) is 15.7 Å². The average Bonchev–Trinajstić information content (AvgIpc) is 2.82. The van der Waals surface area contributed by atoms with E-state index in [1.54, 1.807) is 18.3 Å². The molecule has 3 aromatic rings. The number of hydrogen-bond donors (Lipinski definition) is 1. The number of aliphatic imine (C=N–C) groups is 1. The Labute approximate surface area is 150 Å². The summed E-state index contributed by atoms with van der Waals surface area (Å²) in [6.07, 6.45) is 1.75. The molecular weight excluding hydrogens is 343 g/mol. The predicted octanol–water partition coefficient (Wildman–Crippen LogP) is 5.86. The van der Waals surface area contributed by atoms with Gasteiger partial charge in [0.1, 0.15) is 11.4 Å². The fraction of sp³-hybridized carbons (Fsp3) is 0.105. The monoisotopic (exact) mass is 358 g/mol. The van der Waals surface area contributed by atoms with Gasteiger partial charge in [-0.15, -0.1) is 0 Å². The molecule has 1 aromatic heterocycles. The van der Waals surface area contributed by atoms with Gasteiger partial charge in [-0.25, -0.2) is 0 Å². The number of phenols is 1. The maximum atomic E-state index is 9.89. The average molecular weight is 359 g/mol. The second-order valence-electron chi connectivity index (χ2n) is 5.53. The summed E-state index contributed by atoms with van der Waals surface area (Å²) < 4.78 is 2.14. The lowest BCUT2D eigenvalue weighted by atomic mass is 10.2. The van der Waals surface area contributed by atoms with Gasteiger partial charge in [-0.1, -0.05) is 23.2 Å². The van der Waals surface area contributed by atoms with Crippen LogP contribution in [0.4, 0.5) is 5.69 Å². The second kappa shape index (κ2) is 6.71. The summed E-state index contributed by atoms with van der Waals surface area (Å²) in [6.45, 7) is 4.07. The molecule has 0 aliphatic carbocycles. The van der Waals surface area contributed by atoms with Crippen LogP contribution in [0.25, 0.3) is 5.69 Å². The van der Waals surface area contributed by atoms with Crippen LogP contribution in [-0.2, 0) is 0 Å². The fourth-order valence-electron chi connectivity index (χ4n) is 2.65. The third-order valence-electron chi connectivity index (χ3n) is 3.84. The van der Waals surface area contributed by atoms with Crippen LogP contribution in [0.3, 0.4) is 0 Å². The van der Waals surface area contributed by atoms with Crippen LogP contribution >= 0.6 is 23.2 Å². The van der Waals surface area contributed by atoms with E-state index in [4.69, 9.17) is 23.2 Å². The van der Waals surface area contributed by atoms with Crippen molar-refractivity contribution in [3.63, 3.8) is 0 Å². The number of aromatic nitrogens is 1. The fourth-order valence-corrected chi connectivity index (χ4v) is 2.94. The molecule has 5 heteroatoms. The van der Waals surface area contributed by atoms with Gasteiger partial charge in [0.05, 0.1) is 0 Å². The van der Waals surface area contributed by atoms with Gasteiger partial charge < -0.3 is 9.67 Å². The number of rotatable bonds is 3. The molecule has 0 saturated heterocycles. The Hall–Kier alpha value is -2.23. The number of aryl methyl sites for hydroxylation is 1. The maximum Gasteiger partial charge on any atom is 0.142 e. The van der Waals surface area contributed by atoms with Gasteiger partial charge in [0.2, 0.25) is 0 Å². The third-order valence-corrected chi connectivity index (χ3v) is 4.32. The van der Waals surface area contributed by atoms with Crippen molar-refractivity contribution < 1.29 is 5.11 Å². The molecule has 0 spiro atoms. The summed E-state index contributed by atoms with van der Waals surface area (Å²) in [5.41, 5.74) is 4.67. The summed E-state index contributed by atoms with van der Waals surface area (Å²) in [7, 11) is 0. The molecule has 0 amide bonds. The number of halogens is 2. The van der Waals surface area contributed by atoms with Gasteiger partial charge in [0.15, 0.2) is 0 Å². The quantitative estimate of drug-likeness (QED) is 0.585. The molecule has 2 aromatic carbocycles. The highest BCUT2D eigenvalue weighted by atomic mass is 35.5. The molecule has 0 fully saturated rings. The molecule has 0 saturated carbocycles. The van der Waals surface area contributed by atoms with Gasteiger partial charge in [0.25, 0.3) is 0 Å². The molecule has 0 bridgehead atoms. The lowest BCUT2D eigenvalue weighted by Gasteiger charge is -2.09. The summed E-state index contributed by atoms with van der Waals surface area (Å²) in [6, 6.07) is 14.6. The van der Waals surface area contributed by atoms with Crippen LogP contribution in [-0.4, -0.2) is 15.9 Å². The lowest BCUT2D eigenvalue weighted by Crippen LogP contribution is -1.99. The molecule has 0 aliphatic heterocycles. The highest BCUT2D eigenvalue weighted by Gasteiger charge is 2.09. The Morgan fingerprint density at radius 3 is 2.29 bits per heavy atom. The topological polar surface area (TPSA) is 37.5 Å². The van der Waals surface area contributed by atoms with E-state index in [1.165, 1.54) is 6.07 Å². The summed E-state index contributed by atoms with van der Waals surface area (Å²) in [5.74, 6) is 0.0604. The molecule has 0 atom stereocenters. The smallest absolute Gasteiger partial charge is 0.142 e. The zero-order chi connectivity index (χ0) is 17.3. The molecule has 1 N–H and O–H groups in total. The highest BCUT2D eigenvalue weighted by molar-refractivity contribution is 6.31. The zero-order valence-electron chi connectivity index (χ0n) is 13.3. The van der Waals surface area contributed by atoms with Crippen LogP contribution in [0, 0.1) is 13.8 Å². The first-order valence-corrected chi connectivity index (χ1v) is 8.19. The van der Waals surface area contributed by atoms with E-state index >= 15 is 0 Å². The van der Waals surface area contributed by atoms with Crippen molar-refractivity contribution in [3.05, 3.63) is 75.5 Å². The van der Waals surface area contributed by atoms with Crippen molar-refractivity contribution in [2.45, 2.75) is 13.8 Å². The standard InChI is InChI=1S/C19H16Cl2N2O/c1-12-9-14(11-22-18-8-5-16(21)10-19(18)24)13(2)23(12)17-6-3-15(20)4-7-17/h3-11,24H,1-2H3. The van der Waals surface area contributed by atoms with Crippen LogP contribution in [0.1, 0.15) is 17.0 Å². The van der Waals surface area contributed by atoms with E-state index in [0.717, 1.165) is 22.6 Å². The molecule has 0 aliphatic rings. The van der Waals surface area contributed by atoms with Crippen molar-refractivity contribution in [3.8, 4) is 11.4 Å². The Morgan fingerprint density at radius 1 is 0.958 bits per heavy atom. The van der Waals surface area contributed by atoms with E-state index < -0.39 is 0 Å². The molecular formula is C19H16Cl2N2O. The van der Waals surface area contributed by atoms with Crippen LogP contribution < -0.4 is 0 Å². The molecule has 3 nitrogen and oxygen atoms in total. The Morgan fingerprint density at radius 2 is 1.62 bits per heavy atom. The normalized spacial score (nSPS) is 11.3. The summed E-state index contributed by atoms with van der Waals surface area (Å²) in [4.78, 5) is 4.37. The maximum absolute atomic E-state index is 9.89. The molecule has 0 unspecified atom stereocenters. The first-order chi connectivity index (χ1) is 11.5. The zero-order valence-corrected chi connectivity index (χ0v) is 14.8. The molecule has 1 heterocycles. The van der Waals surface area contributed by atoms with E-state index in [9.17, 15) is 5.11 Å². The second-order valence-corrected chi connectivity index (χ2v) is 6.40. The van der Waals surface area contributed by atoms with Gasteiger partial charge in [-0.2, -0.15) is 0 Å². The van der Waals surface area contributed by atoms with Crippen LogP contribution in [0.5, 0.6) is 5.75 Å². The Balaban J connectivity index is 1.97. The number of nitrogens with zero attached hydrogens (tertiary/aromatic N) is 2. The third kappa shape index (κ3) is 3.32. The van der Waals surface area contributed by atoms with Crippen molar-refractivity contribution >= 4 is 35.1 Å². The first kappa shape index (κ1) is 16.6. The minimum Gasteiger partial charge on any atom is -0.506 e. The van der Waals surface area contributed by atoms with Crippen LogP contribution in [0.15, 0.2) is 53.5 Å². The van der Waals surface area contributed by atoms with Crippen molar-refractivity contribution in [2.75, 3.05) is 0 Å². The molecule has 3 rings (SSSR count). The van der Waals surface area contributed by atoms with E-state index in [-0.39, 0.29) is 5.75 Å². The SMILES string of the molecule is Cc1cc(C=Nc2ccc(Cl)cc2O)c(C)n1-c1ccc(Cl)cc1. The van der Waals surface area contributed by atoms with Gasteiger partial charge in [-0.05, 0) is 56.3 Å². The van der Waals surface area contributed by atoms with Crippen LogP contribution in [0.2, 0.25) is 10.0 Å². The van der Waals surface area contributed by atoms with Gasteiger partial charge in [-0.3, -0.25) is 4.99 Å². The van der Waals surface area contributed by atoms with Gasteiger partial charge >= 0.3 is 0 Å². The number of hydrogen-bond acceptors (Lipinski definition) is 2. The van der Waals surface area contributed by atoms with Crippen molar-refractivity contribution in [1.29, 1.82) is 0 Å². The van der Waals surface area contributed by atoms with Gasteiger partial charge in [0, 0.05) is 45.0 Å². The molecule has 0 radical (unpaired) electrons. The highest BCUT2D eigenvalue weighted by Crippen LogP contribution is 2.29. The number of benzene rings is 2. The minimum atomic E-state index is 0.0604. The summed E-state index contributed by atoms with van der Waals surface area (Å²) in [5, 5.41) is 11.1. The first-order valence-electron chi connectivity index (χ1n) is 7.43. The minimum absolute atomic E-state index is 0.0604. The lowest BCUT2D eigenvalue weighted by molar-refractivity contribution is 0.477. The van der Waals surface area contributed by atoms with Crippen molar-refractivity contribution in [1.82, 2.24) is 4.57 Å². The van der Waals surface area contributed by atoms with Crippen molar-refractivity contribution in [2.24, 2.45) is 4.99 Å². The Kier molecular flexibility index (Phi) is 4.65. The predicted molar refractivity (Wildman–Crippen MR) is 101 cm³/mol. The Bertz CT molecular complexity index is 912.